The molecule has 0 aliphatic carbocycles. The molecule has 1 N–H and O–H groups in total. The zero-order valence-electron chi connectivity index (χ0n) is 4.20. The molecule has 44 valence electrons. The highest BCUT2D eigenvalue weighted by molar-refractivity contribution is 7.85. The topological polar surface area (TPSA) is 20.2 Å². The van der Waals surface area contributed by atoms with Gasteiger partial charge in [0, 0.05) is 5.25 Å². The molecule has 2 unspecified atom stereocenters. The van der Waals surface area contributed by atoms with Gasteiger partial charge in [0.05, 0.1) is 0 Å². The van der Waals surface area contributed by atoms with Crippen LogP contribution in [0.2, 0.25) is 0 Å². The van der Waals surface area contributed by atoms with E-state index in [0.29, 0.717) is 0 Å². The van der Waals surface area contributed by atoms with E-state index in [1.54, 1.807) is 0 Å². The Morgan fingerprint density at radius 1 is 1.57 bits per heavy atom. The number of hydrogen-bond acceptors (Lipinski definition) is 3. The Bertz CT molecular complexity index is 47.0. The molecule has 0 aromatic rings. The first-order valence-corrected chi connectivity index (χ1v) is 3.26. The first kappa shape index (κ1) is 7.66. The van der Waals surface area contributed by atoms with Crippen LogP contribution in [0.3, 0.4) is 0 Å². The third-order valence-corrected chi connectivity index (χ3v) is 2.01. The van der Waals surface area contributed by atoms with Crippen molar-refractivity contribution in [3.8, 4) is 0 Å². The van der Waals surface area contributed by atoms with Gasteiger partial charge < -0.3 is 5.11 Å². The molecule has 0 rings (SSSR count). The van der Waals surface area contributed by atoms with E-state index in [1.165, 1.54) is 0 Å². The SMILES string of the molecule is CCC(S)C(O)S. The summed E-state index contributed by atoms with van der Waals surface area (Å²) in [5.74, 6) is 0. The van der Waals surface area contributed by atoms with Gasteiger partial charge in [0.25, 0.3) is 0 Å². The smallest absolute Gasteiger partial charge is 0.108 e. The predicted octanol–water partition coefficient (Wildman–Crippen LogP) is 0.943. The van der Waals surface area contributed by atoms with Gasteiger partial charge in [-0.1, -0.05) is 6.92 Å². The molecule has 1 nitrogen and oxygen atoms in total. The molecular weight excluding hydrogens is 128 g/mol. The van der Waals surface area contributed by atoms with Gasteiger partial charge in [-0.2, -0.15) is 12.6 Å². The summed E-state index contributed by atoms with van der Waals surface area (Å²) in [6.07, 6.45) is 0.855. The molecule has 0 heterocycles. The molecule has 3 heteroatoms. The molecular formula is C4H10OS2. The Morgan fingerprint density at radius 3 is 2.00 bits per heavy atom. The molecule has 7 heavy (non-hydrogen) atoms. The summed E-state index contributed by atoms with van der Waals surface area (Å²) in [5.41, 5.74) is -0.576. The molecule has 0 aromatic carbocycles. The molecule has 0 aliphatic rings. The lowest BCUT2D eigenvalue weighted by atomic mass is 10.3. The minimum absolute atomic E-state index is 0.0170. The molecule has 0 aromatic heterocycles. The van der Waals surface area contributed by atoms with E-state index >= 15 is 0 Å². The van der Waals surface area contributed by atoms with E-state index in [-0.39, 0.29) is 5.25 Å². The van der Waals surface area contributed by atoms with E-state index < -0.39 is 5.44 Å². The highest BCUT2D eigenvalue weighted by atomic mass is 32.1. The second kappa shape index (κ2) is 3.64. The normalized spacial score (nSPS) is 18.9. The van der Waals surface area contributed by atoms with Crippen LogP contribution in [0.15, 0.2) is 0 Å². The van der Waals surface area contributed by atoms with Gasteiger partial charge in [-0.15, -0.1) is 12.6 Å². The standard InChI is InChI=1S/C4H10OS2/c1-2-3(6)4(5)7/h3-7H,2H2,1H3. The molecule has 0 amide bonds. The second-order valence-electron chi connectivity index (χ2n) is 1.39. The first-order chi connectivity index (χ1) is 3.18. The van der Waals surface area contributed by atoms with E-state index in [4.69, 9.17) is 5.11 Å². The number of aliphatic hydroxyl groups excluding tert-OH is 1. The zero-order valence-corrected chi connectivity index (χ0v) is 5.99. The molecule has 0 bridgehead atoms. The molecule has 0 spiro atoms. The molecule has 0 saturated heterocycles. The van der Waals surface area contributed by atoms with Gasteiger partial charge in [-0.05, 0) is 6.42 Å². The van der Waals surface area contributed by atoms with Crippen LogP contribution in [0.5, 0.6) is 0 Å². The quantitative estimate of drug-likeness (QED) is 0.383. The van der Waals surface area contributed by atoms with E-state index in [1.807, 2.05) is 6.92 Å². The fourth-order valence-electron chi connectivity index (χ4n) is 0.211. The van der Waals surface area contributed by atoms with Gasteiger partial charge >= 0.3 is 0 Å². The molecule has 0 radical (unpaired) electrons. The van der Waals surface area contributed by atoms with Crippen LogP contribution in [-0.4, -0.2) is 15.8 Å². The van der Waals surface area contributed by atoms with Crippen molar-refractivity contribution in [2.24, 2.45) is 0 Å². The van der Waals surface area contributed by atoms with Gasteiger partial charge in [0.1, 0.15) is 5.44 Å². The van der Waals surface area contributed by atoms with Gasteiger partial charge in [0.15, 0.2) is 0 Å². The predicted molar refractivity (Wildman–Crippen MR) is 38.1 cm³/mol. The van der Waals surface area contributed by atoms with Crippen molar-refractivity contribution in [1.82, 2.24) is 0 Å². The van der Waals surface area contributed by atoms with Crippen molar-refractivity contribution in [2.45, 2.75) is 24.0 Å². The van der Waals surface area contributed by atoms with Crippen molar-refractivity contribution in [3.63, 3.8) is 0 Å². The van der Waals surface area contributed by atoms with Crippen molar-refractivity contribution >= 4 is 25.3 Å². The highest BCUT2D eigenvalue weighted by Crippen LogP contribution is 2.08. The minimum Gasteiger partial charge on any atom is -0.382 e. The third kappa shape index (κ3) is 3.26. The average molecular weight is 138 g/mol. The number of hydrogen-bond donors (Lipinski definition) is 3. The van der Waals surface area contributed by atoms with Crippen LogP contribution in [-0.2, 0) is 0 Å². The minimum atomic E-state index is -0.576. The fourth-order valence-corrected chi connectivity index (χ4v) is 0.422. The van der Waals surface area contributed by atoms with E-state index in [9.17, 15) is 0 Å². The van der Waals surface area contributed by atoms with Gasteiger partial charge in [-0.3, -0.25) is 0 Å². The summed E-state index contributed by atoms with van der Waals surface area (Å²) < 4.78 is 0. The summed E-state index contributed by atoms with van der Waals surface area (Å²) in [6, 6.07) is 0. The Balaban J connectivity index is 3.14. The summed E-state index contributed by atoms with van der Waals surface area (Å²) in [4.78, 5) is 0. The van der Waals surface area contributed by atoms with Crippen LogP contribution in [0, 0.1) is 0 Å². The van der Waals surface area contributed by atoms with Crippen molar-refractivity contribution < 1.29 is 5.11 Å². The van der Waals surface area contributed by atoms with E-state index in [2.05, 4.69) is 25.3 Å². The number of thiol groups is 2. The fraction of sp³-hybridized carbons (Fsp3) is 1.00. The van der Waals surface area contributed by atoms with Gasteiger partial charge in [0.2, 0.25) is 0 Å². The van der Waals surface area contributed by atoms with Gasteiger partial charge in [-0.25, -0.2) is 0 Å². The summed E-state index contributed by atoms with van der Waals surface area (Å²) >= 11 is 7.75. The van der Waals surface area contributed by atoms with Crippen LogP contribution >= 0.6 is 25.3 Å². The highest BCUT2D eigenvalue weighted by Gasteiger charge is 2.05. The molecule has 0 aliphatic heterocycles. The van der Waals surface area contributed by atoms with E-state index in [0.717, 1.165) is 6.42 Å². The Labute approximate surface area is 54.9 Å². The van der Waals surface area contributed by atoms with Crippen LogP contribution in [0.1, 0.15) is 13.3 Å². The third-order valence-electron chi connectivity index (χ3n) is 0.762. The van der Waals surface area contributed by atoms with Crippen LogP contribution in [0.4, 0.5) is 0 Å². The Kier molecular flexibility index (Phi) is 3.98. The Hall–Kier alpha value is 0.660. The molecule has 0 fully saturated rings. The number of aliphatic hydroxyl groups is 1. The lowest BCUT2D eigenvalue weighted by Crippen LogP contribution is -2.11. The molecule has 0 saturated carbocycles. The maximum Gasteiger partial charge on any atom is 0.108 e. The second-order valence-corrected chi connectivity index (χ2v) is 2.58. The maximum absolute atomic E-state index is 8.61. The zero-order chi connectivity index (χ0) is 5.86. The van der Waals surface area contributed by atoms with Crippen molar-refractivity contribution in [3.05, 3.63) is 0 Å². The maximum atomic E-state index is 8.61. The molecule has 2 atom stereocenters. The first-order valence-electron chi connectivity index (χ1n) is 2.22. The summed E-state index contributed by atoms with van der Waals surface area (Å²) in [5, 5.41) is 8.63. The van der Waals surface area contributed by atoms with Crippen LogP contribution < -0.4 is 0 Å². The van der Waals surface area contributed by atoms with Crippen LogP contribution in [0.25, 0.3) is 0 Å². The average Bonchev–Trinajstić information content (AvgIpc) is 1.65. The lowest BCUT2D eigenvalue weighted by molar-refractivity contribution is 0.260. The summed E-state index contributed by atoms with van der Waals surface area (Å²) in [7, 11) is 0. The lowest BCUT2D eigenvalue weighted by Gasteiger charge is -2.07. The number of rotatable bonds is 2. The van der Waals surface area contributed by atoms with Crippen molar-refractivity contribution in [2.75, 3.05) is 0 Å². The largest absolute Gasteiger partial charge is 0.382 e. The van der Waals surface area contributed by atoms with Crippen molar-refractivity contribution in [1.29, 1.82) is 0 Å². The monoisotopic (exact) mass is 138 g/mol. The Morgan fingerprint density at radius 2 is 2.00 bits per heavy atom. The summed E-state index contributed by atoms with van der Waals surface area (Å²) in [6.45, 7) is 1.96.